The van der Waals surface area contributed by atoms with Gasteiger partial charge in [0, 0.05) is 138 Å². The Kier molecular flexibility index (Phi) is 106. The molecule has 6 radical (unpaired) electrons. The minimum Gasteiger partial charge on any atom is -2.00 e. The molecule has 34 heteroatoms. The molecule has 0 aliphatic heterocycles. The van der Waals surface area contributed by atoms with Crippen LogP contribution < -0.4 is 61.3 Å². The van der Waals surface area contributed by atoms with Crippen molar-refractivity contribution in [3.05, 3.63) is 60.2 Å². The SMILES string of the molecule is CC(C)(C)C(=O)[O-].CC(C)(C)C(=O)[O-].CC(C)(C)C(=O)[O-].CC(C)(C)C(=O)[O-].CC(C)(C)C(=O)[O-].CC(C)(C)C(=O)[O-].CC(C)(C)C(=O)[O-].CC(C)(C)C(=O)[O-].CC(C)(C)C(=O)[O-].CC(C)(C)C(=O)[O-].[Fe+3].[Fe+3].[Fe+3].[Fe+3].[Fe+3].[Fe+3].[O-2].[O-2].[O-]CCc1ccccn1.[O-]CCc1ccccn1.[OH-].[OH-]. The molecule has 2 rings (SSSR count). The molecule has 0 spiro atoms. The third-order valence-electron chi connectivity index (χ3n) is 8.29. The fourth-order valence-electron chi connectivity index (χ4n) is 1.30. The molecular weight excluding hydrogens is 1550 g/mol. The van der Waals surface area contributed by atoms with E-state index in [0.717, 1.165) is 11.4 Å². The first-order chi connectivity index (χ1) is 38.3. The summed E-state index contributed by atoms with van der Waals surface area (Å²) < 4.78 is 0. The number of carbonyl (C=O) groups is 10. The van der Waals surface area contributed by atoms with Crippen molar-refractivity contribution < 1.29 is 234 Å². The van der Waals surface area contributed by atoms with E-state index in [1.807, 2.05) is 36.4 Å². The Balaban J connectivity index is -0.0000000373. The van der Waals surface area contributed by atoms with E-state index >= 15 is 0 Å². The Morgan fingerprint density at radius 2 is 0.347 bits per heavy atom. The van der Waals surface area contributed by atoms with Crippen molar-refractivity contribution in [2.24, 2.45) is 54.1 Å². The van der Waals surface area contributed by atoms with Gasteiger partial charge < -0.3 is 131 Å². The number of pyridine rings is 2. The van der Waals surface area contributed by atoms with Crippen molar-refractivity contribution >= 4 is 59.7 Å². The third kappa shape index (κ3) is 125. The molecule has 578 valence electrons. The summed E-state index contributed by atoms with van der Waals surface area (Å²) in [5, 5.41) is 119. The molecule has 0 aliphatic carbocycles. The molecule has 0 aliphatic rings. The first-order valence-electron chi connectivity index (χ1n) is 27.4. The van der Waals surface area contributed by atoms with Crippen LogP contribution in [0.15, 0.2) is 48.8 Å². The summed E-state index contributed by atoms with van der Waals surface area (Å²) in [6.45, 7) is 47.8. The van der Waals surface area contributed by atoms with Crippen molar-refractivity contribution in [1.29, 1.82) is 0 Å². The zero-order valence-corrected chi connectivity index (χ0v) is 68.8. The van der Waals surface area contributed by atoms with Gasteiger partial charge in [-0.25, -0.2) is 0 Å². The normalized spacial score (nSPS) is 9.80. The van der Waals surface area contributed by atoms with Crippen molar-refractivity contribution in [3.8, 4) is 0 Å². The van der Waals surface area contributed by atoms with Gasteiger partial charge >= 0.3 is 102 Å². The number of rotatable bonds is 4. The number of carboxylic acids is 10. The van der Waals surface area contributed by atoms with Crippen LogP contribution in [0.25, 0.3) is 0 Å². The van der Waals surface area contributed by atoms with E-state index in [9.17, 15) is 109 Å². The van der Waals surface area contributed by atoms with Crippen LogP contribution >= 0.6 is 0 Å². The van der Waals surface area contributed by atoms with Crippen molar-refractivity contribution in [2.45, 2.75) is 221 Å². The first kappa shape index (κ1) is 148. The molecule has 2 aromatic rings. The monoisotopic (exact) mass is 1660 g/mol. The number of hydrogen-bond acceptors (Lipinski definition) is 26. The van der Waals surface area contributed by atoms with Gasteiger partial charge in [-0.05, 0) is 37.1 Å². The van der Waals surface area contributed by atoms with E-state index in [4.69, 9.17) is 0 Å². The molecule has 98 heavy (non-hydrogen) atoms. The van der Waals surface area contributed by atoms with Gasteiger partial charge in [-0.15, -0.1) is 13.2 Å². The summed E-state index contributed by atoms with van der Waals surface area (Å²) in [7, 11) is 0. The maximum absolute atomic E-state index is 10.1. The molecule has 0 aromatic carbocycles. The molecular formula is C64H108Fe6N2O26. The largest absolute Gasteiger partial charge is 3.00 e. The van der Waals surface area contributed by atoms with Crippen LogP contribution in [0.4, 0.5) is 0 Å². The summed E-state index contributed by atoms with van der Waals surface area (Å²) in [5.41, 5.74) is -5.18. The van der Waals surface area contributed by atoms with E-state index < -0.39 is 114 Å². The van der Waals surface area contributed by atoms with Crippen LogP contribution in [0, 0.1) is 54.1 Å². The average molecular weight is 1660 g/mol. The molecule has 0 saturated carbocycles. The standard InChI is InChI=1S/2C7H8NO.10C5H10O2.6Fe.2H2O.2O/c2*9-6-4-7-3-1-2-5-8-7;10*1-5(2,3)4(6)7;;;;;;;;;;/h2*1-3,5H,4,6H2;10*1-3H3,(H,6,7);;;;;;;2*1H2;;/q2*-1;;;;;;;;;;;6*+3;;;2*-2/p-12. The van der Waals surface area contributed by atoms with E-state index in [1.165, 1.54) is 0 Å². The van der Waals surface area contributed by atoms with E-state index in [0.29, 0.717) is 12.8 Å². The second-order valence-electron chi connectivity index (χ2n) is 28.9. The zero-order valence-electron chi connectivity index (χ0n) is 62.2. The van der Waals surface area contributed by atoms with Crippen molar-refractivity contribution in [2.75, 3.05) is 13.2 Å². The fraction of sp³-hybridized carbons (Fsp3) is 0.688. The van der Waals surface area contributed by atoms with Crippen LogP contribution in [0.2, 0.25) is 0 Å². The Labute approximate surface area is 646 Å². The Bertz CT molecular complexity index is 1860. The number of carbonyl (C=O) groups excluding carboxylic acids is 10. The predicted octanol–water partition coefficient (Wildman–Crippen LogP) is -2.81. The average Bonchev–Trinajstić information content (AvgIpc) is 3.29. The van der Waals surface area contributed by atoms with Gasteiger partial charge in [-0.2, -0.15) is 0 Å². The second kappa shape index (κ2) is 69.9. The topological polar surface area (TPSA) is 590 Å². The molecule has 2 N–H and O–H groups in total. The maximum Gasteiger partial charge on any atom is 3.00 e. The van der Waals surface area contributed by atoms with Crippen LogP contribution in [-0.4, -0.2) is 93.8 Å². The van der Waals surface area contributed by atoms with Gasteiger partial charge in [0.25, 0.3) is 0 Å². The number of aromatic nitrogens is 2. The number of hydrogen-bond donors (Lipinski definition) is 0. The number of aliphatic carboxylic acids is 10. The van der Waals surface area contributed by atoms with Gasteiger partial charge in [0.05, 0.1) is 0 Å². The molecule has 2 heterocycles. The zero-order chi connectivity index (χ0) is 73.8. The van der Waals surface area contributed by atoms with Crippen LogP contribution in [0.1, 0.15) is 219 Å². The predicted molar refractivity (Wildman–Crippen MR) is 315 cm³/mol. The Morgan fingerprint density at radius 3 is 0.398 bits per heavy atom. The van der Waals surface area contributed by atoms with E-state index in [2.05, 4.69) is 9.97 Å². The smallest absolute Gasteiger partial charge is 2.00 e. The first-order valence-corrected chi connectivity index (χ1v) is 27.4. The molecule has 0 bridgehead atoms. The quantitative estimate of drug-likeness (QED) is 0.279. The van der Waals surface area contributed by atoms with Gasteiger partial charge in [0.15, 0.2) is 0 Å². The molecule has 0 atom stereocenters. The Hall–Kier alpha value is -4.12. The number of carboxylic acid groups (broad SMARTS) is 10. The van der Waals surface area contributed by atoms with Gasteiger partial charge in [0.2, 0.25) is 0 Å². The molecule has 0 amide bonds. The second-order valence-corrected chi connectivity index (χ2v) is 28.9. The summed E-state index contributed by atoms with van der Waals surface area (Å²) in [5.74, 6) is -10.1. The molecule has 0 fully saturated rings. The minimum absolute atomic E-state index is 0. The van der Waals surface area contributed by atoms with Gasteiger partial charge in [0.1, 0.15) is 0 Å². The van der Waals surface area contributed by atoms with Gasteiger partial charge in [-0.3, -0.25) is 9.97 Å². The summed E-state index contributed by atoms with van der Waals surface area (Å²) in [6.07, 6.45) is 4.48. The molecule has 0 saturated heterocycles. The molecule has 2 aromatic heterocycles. The van der Waals surface area contributed by atoms with E-state index in [-0.39, 0.29) is 138 Å². The number of nitrogens with zero attached hydrogens (tertiary/aromatic N) is 2. The fourth-order valence-corrected chi connectivity index (χ4v) is 1.30. The minimum atomic E-state index is -1.01. The summed E-state index contributed by atoms with van der Waals surface area (Å²) in [4.78, 5) is 107. The molecule has 28 nitrogen and oxygen atoms in total. The third-order valence-corrected chi connectivity index (χ3v) is 8.29. The van der Waals surface area contributed by atoms with Crippen LogP contribution in [0.5, 0.6) is 0 Å². The summed E-state index contributed by atoms with van der Waals surface area (Å²) >= 11 is 0. The van der Waals surface area contributed by atoms with Gasteiger partial charge in [-0.1, -0.05) is 220 Å². The van der Waals surface area contributed by atoms with Crippen LogP contribution in [0.3, 0.4) is 0 Å². The van der Waals surface area contributed by atoms with Crippen molar-refractivity contribution in [3.63, 3.8) is 0 Å². The maximum atomic E-state index is 10.1. The Morgan fingerprint density at radius 1 is 0.255 bits per heavy atom. The van der Waals surface area contributed by atoms with Crippen molar-refractivity contribution in [1.82, 2.24) is 9.97 Å². The molecule has 0 unspecified atom stereocenters. The van der Waals surface area contributed by atoms with E-state index in [1.54, 1.807) is 220 Å². The summed E-state index contributed by atoms with van der Waals surface area (Å²) in [6, 6.07) is 11.2. The van der Waals surface area contributed by atoms with Crippen LogP contribution in [-0.2, 0) is 174 Å².